The summed E-state index contributed by atoms with van der Waals surface area (Å²) >= 11 is -1.54. The molecular formula is C3H9Cl2N2Pd. The van der Waals surface area contributed by atoms with Gasteiger partial charge in [0, 0.05) is 0 Å². The second-order valence-corrected chi connectivity index (χ2v) is 7.15. The van der Waals surface area contributed by atoms with Crippen molar-refractivity contribution in [1.82, 2.24) is 0 Å². The van der Waals surface area contributed by atoms with E-state index >= 15 is 0 Å². The van der Waals surface area contributed by atoms with Gasteiger partial charge in [-0.2, -0.15) is 0 Å². The van der Waals surface area contributed by atoms with Crippen molar-refractivity contribution in [3.63, 3.8) is 0 Å². The van der Waals surface area contributed by atoms with Crippen LogP contribution in [0.3, 0.4) is 0 Å². The molecule has 8 heavy (non-hydrogen) atoms. The van der Waals surface area contributed by atoms with Crippen LogP contribution in [-0.2, 0) is 14.7 Å². The monoisotopic (exact) mass is 249 g/mol. The van der Waals surface area contributed by atoms with Crippen LogP contribution in [0, 0.1) is 0 Å². The summed E-state index contributed by atoms with van der Waals surface area (Å²) < 4.78 is -0.204. The van der Waals surface area contributed by atoms with Gasteiger partial charge in [-0.25, -0.2) is 0 Å². The van der Waals surface area contributed by atoms with Gasteiger partial charge in [0.15, 0.2) is 0 Å². The van der Waals surface area contributed by atoms with Crippen molar-refractivity contribution in [2.45, 2.75) is 17.5 Å². The average molecular weight is 250 g/mol. The second-order valence-electron chi connectivity index (χ2n) is 1.45. The van der Waals surface area contributed by atoms with Crippen molar-refractivity contribution in [1.29, 1.82) is 0 Å². The van der Waals surface area contributed by atoms with E-state index in [1.807, 2.05) is 0 Å². The van der Waals surface area contributed by atoms with Gasteiger partial charge in [0.25, 0.3) is 0 Å². The maximum absolute atomic E-state index is 5.50. The molecule has 2 atom stereocenters. The minimum atomic E-state index is -1.54. The quantitative estimate of drug-likeness (QED) is 0.703. The van der Waals surface area contributed by atoms with Crippen LogP contribution < -0.4 is 11.5 Å². The molecule has 5 heteroatoms. The van der Waals surface area contributed by atoms with Crippen LogP contribution in [0.1, 0.15) is 6.92 Å². The van der Waals surface area contributed by atoms with Crippen LogP contribution in [0.25, 0.3) is 0 Å². The van der Waals surface area contributed by atoms with Crippen molar-refractivity contribution in [3.8, 4) is 0 Å². The van der Waals surface area contributed by atoms with Gasteiger partial charge >= 0.3 is 62.7 Å². The molecule has 2 nitrogen and oxygen atoms in total. The molecular weight excluding hydrogens is 241 g/mol. The first kappa shape index (κ1) is 9.16. The molecule has 0 aliphatic rings. The molecule has 0 aromatic heterocycles. The van der Waals surface area contributed by atoms with Crippen LogP contribution in [-0.4, -0.2) is 10.6 Å². The zero-order chi connectivity index (χ0) is 6.73. The Hall–Kier alpha value is 1.16. The summed E-state index contributed by atoms with van der Waals surface area (Å²) in [7, 11) is 11.0. The van der Waals surface area contributed by atoms with Crippen LogP contribution >= 0.6 is 19.1 Å². The van der Waals surface area contributed by atoms with Crippen LogP contribution in [0.4, 0.5) is 0 Å². The zero-order valence-corrected chi connectivity index (χ0v) is 7.45. The fourth-order valence-corrected chi connectivity index (χ4v) is 2.23. The Labute approximate surface area is 62.7 Å². The number of halogens is 2. The van der Waals surface area contributed by atoms with E-state index in [0.717, 1.165) is 0 Å². The molecule has 0 aromatic carbocycles. The first-order valence-electron chi connectivity index (χ1n) is 2.00. The standard InChI is InChI=1S/C3H9N2.2ClH.Pd/c1-3(5)2-4;;;/h2-3H,4-5H2,1H3;2*1H;/q;;;+2/p-2. The minimum absolute atomic E-state index is 0.0917. The van der Waals surface area contributed by atoms with Crippen molar-refractivity contribution in [2.75, 3.05) is 0 Å². The van der Waals surface area contributed by atoms with Crippen LogP contribution in [0.2, 0.25) is 0 Å². The number of hydrogen-bond donors (Lipinski definition) is 2. The first-order valence-corrected chi connectivity index (χ1v) is 6.90. The summed E-state index contributed by atoms with van der Waals surface area (Å²) in [6.45, 7) is 1.80. The summed E-state index contributed by atoms with van der Waals surface area (Å²) in [5.74, 6) is 0. The van der Waals surface area contributed by atoms with Gasteiger partial charge in [-0.1, -0.05) is 0 Å². The van der Waals surface area contributed by atoms with Gasteiger partial charge in [-0.3, -0.25) is 0 Å². The Morgan fingerprint density at radius 3 is 1.75 bits per heavy atom. The van der Waals surface area contributed by atoms with Gasteiger partial charge in [0.05, 0.1) is 0 Å². The molecule has 2 unspecified atom stereocenters. The van der Waals surface area contributed by atoms with Crippen LogP contribution in [0.5, 0.6) is 0 Å². The van der Waals surface area contributed by atoms with Gasteiger partial charge in [-0.15, -0.1) is 0 Å². The van der Waals surface area contributed by atoms with E-state index in [2.05, 4.69) is 0 Å². The van der Waals surface area contributed by atoms with Crippen molar-refractivity contribution < 1.29 is 14.7 Å². The third-order valence-corrected chi connectivity index (χ3v) is 4.12. The van der Waals surface area contributed by atoms with E-state index < -0.39 is 14.7 Å². The molecule has 0 aliphatic heterocycles. The number of nitrogens with two attached hydrogens (primary N) is 2. The van der Waals surface area contributed by atoms with Crippen LogP contribution in [0.15, 0.2) is 0 Å². The molecule has 0 saturated carbocycles. The summed E-state index contributed by atoms with van der Waals surface area (Å²) in [4.78, 5) is 0. The number of rotatable bonds is 2. The third-order valence-electron chi connectivity index (χ3n) is 0.629. The van der Waals surface area contributed by atoms with Gasteiger partial charge in [0.1, 0.15) is 0 Å². The molecule has 0 radical (unpaired) electrons. The normalized spacial score (nSPS) is 19.9. The second kappa shape index (κ2) is 4.05. The molecule has 0 fully saturated rings. The third kappa shape index (κ3) is 3.24. The Balaban J connectivity index is 3.46. The molecule has 0 rings (SSSR count). The Bertz CT molecular complexity index is 60.3. The zero-order valence-electron chi connectivity index (χ0n) is 4.38. The van der Waals surface area contributed by atoms with Crippen molar-refractivity contribution in [3.05, 3.63) is 0 Å². The molecule has 0 amide bonds. The molecule has 55 valence electrons. The predicted molar refractivity (Wildman–Crippen MR) is 33.3 cm³/mol. The maximum atomic E-state index is 5.50. The Kier molecular flexibility index (Phi) is 4.64. The summed E-state index contributed by atoms with van der Waals surface area (Å²) in [5, 5.41) is 0. The van der Waals surface area contributed by atoms with Gasteiger partial charge < -0.3 is 0 Å². The molecule has 0 aliphatic carbocycles. The van der Waals surface area contributed by atoms with E-state index in [4.69, 9.17) is 30.5 Å². The van der Waals surface area contributed by atoms with E-state index in [9.17, 15) is 0 Å². The fraction of sp³-hybridized carbons (Fsp3) is 1.00. The fourth-order valence-electron chi connectivity index (χ4n) is 0.126. The Morgan fingerprint density at radius 1 is 1.38 bits per heavy atom. The van der Waals surface area contributed by atoms with E-state index in [-0.39, 0.29) is 10.6 Å². The van der Waals surface area contributed by atoms with E-state index in [1.165, 1.54) is 0 Å². The Morgan fingerprint density at radius 2 is 1.75 bits per heavy atom. The molecule has 0 bridgehead atoms. The van der Waals surface area contributed by atoms with Crippen molar-refractivity contribution >= 4 is 19.1 Å². The SMILES string of the molecule is CC(N)[CH](N)[Pd]([Cl])[Cl]. The predicted octanol–water partition coefficient (Wildman–Crippen LogP) is 0.544. The topological polar surface area (TPSA) is 52.0 Å². The first-order chi connectivity index (χ1) is 3.55. The van der Waals surface area contributed by atoms with Gasteiger partial charge in [0.2, 0.25) is 0 Å². The molecule has 0 spiro atoms. The summed E-state index contributed by atoms with van der Waals surface area (Å²) in [5.41, 5.74) is 10.8. The molecule has 0 aromatic rings. The van der Waals surface area contributed by atoms with Gasteiger partial charge in [-0.05, 0) is 0 Å². The molecule has 4 N–H and O–H groups in total. The van der Waals surface area contributed by atoms with E-state index in [1.54, 1.807) is 6.92 Å². The van der Waals surface area contributed by atoms with Crippen molar-refractivity contribution in [2.24, 2.45) is 11.5 Å². The number of hydrogen-bond acceptors (Lipinski definition) is 2. The van der Waals surface area contributed by atoms with E-state index in [0.29, 0.717) is 0 Å². The average Bonchev–Trinajstić information content (AvgIpc) is 1.64. The molecule has 0 saturated heterocycles. The molecule has 0 heterocycles. The summed E-state index contributed by atoms with van der Waals surface area (Å²) in [6, 6.07) is -0.0917. The summed E-state index contributed by atoms with van der Waals surface area (Å²) in [6.07, 6.45) is 0.